The Morgan fingerprint density at radius 3 is 2.71 bits per heavy atom. The van der Waals surface area contributed by atoms with Crippen molar-refractivity contribution in [3.63, 3.8) is 0 Å². The van der Waals surface area contributed by atoms with Crippen molar-refractivity contribution in [3.05, 3.63) is 52.5 Å². The van der Waals surface area contributed by atoms with Crippen LogP contribution in [0.25, 0.3) is 0 Å². The maximum Gasteiger partial charge on any atom is 0.159 e. The van der Waals surface area contributed by atoms with Crippen LogP contribution in [0.2, 0.25) is 5.02 Å². The number of thioether (sulfide) groups is 1. The van der Waals surface area contributed by atoms with Gasteiger partial charge in [0, 0.05) is 27.5 Å². The molecule has 3 nitrogen and oxygen atoms in total. The van der Waals surface area contributed by atoms with E-state index in [0.717, 1.165) is 16.2 Å². The third-order valence-electron chi connectivity index (χ3n) is 3.06. The van der Waals surface area contributed by atoms with Gasteiger partial charge in [0.15, 0.2) is 5.78 Å². The van der Waals surface area contributed by atoms with Gasteiger partial charge < -0.3 is 10.5 Å². The lowest BCUT2D eigenvalue weighted by Crippen LogP contribution is -1.97. The van der Waals surface area contributed by atoms with Crippen molar-refractivity contribution in [1.29, 1.82) is 0 Å². The molecule has 2 aromatic rings. The van der Waals surface area contributed by atoms with Gasteiger partial charge in [-0.05, 0) is 37.3 Å². The molecule has 0 aliphatic heterocycles. The number of hydrogen-bond donors (Lipinski definition) is 1. The molecule has 0 fully saturated rings. The number of carbonyl (C=O) groups excluding carboxylic acids is 1. The Balaban J connectivity index is 2.26. The highest BCUT2D eigenvalue weighted by Gasteiger charge is 2.10. The van der Waals surface area contributed by atoms with Gasteiger partial charge in [0.05, 0.1) is 12.1 Å². The summed E-state index contributed by atoms with van der Waals surface area (Å²) in [5, 5.41) is 0.627. The van der Waals surface area contributed by atoms with E-state index in [1.165, 1.54) is 11.8 Å². The Bertz CT molecular complexity index is 653. The van der Waals surface area contributed by atoms with Gasteiger partial charge in [-0.25, -0.2) is 0 Å². The minimum atomic E-state index is 0.0289. The highest BCUT2D eigenvalue weighted by Crippen LogP contribution is 2.36. The molecule has 0 bridgehead atoms. The molecule has 110 valence electrons. The van der Waals surface area contributed by atoms with Crippen LogP contribution in [0.1, 0.15) is 22.8 Å². The number of methoxy groups -OCH3 is 1. The number of Topliss-reactive ketones (excluding diaryl/α,β-unsaturated/α-hetero) is 1. The number of nitrogen functional groups attached to an aromatic ring is 1. The van der Waals surface area contributed by atoms with Gasteiger partial charge in [-0.15, -0.1) is 11.8 Å². The fraction of sp³-hybridized carbons (Fsp3) is 0.188. The molecule has 2 aromatic carbocycles. The zero-order valence-corrected chi connectivity index (χ0v) is 13.4. The van der Waals surface area contributed by atoms with Gasteiger partial charge in [-0.3, -0.25) is 4.79 Å². The number of anilines is 1. The van der Waals surface area contributed by atoms with Crippen molar-refractivity contribution < 1.29 is 9.53 Å². The number of ketones is 1. The van der Waals surface area contributed by atoms with Gasteiger partial charge in [0.1, 0.15) is 5.75 Å². The van der Waals surface area contributed by atoms with E-state index in [0.29, 0.717) is 22.0 Å². The van der Waals surface area contributed by atoms with Crippen LogP contribution in [0.5, 0.6) is 5.75 Å². The SMILES string of the molecule is COc1ccc(C(C)=O)cc1CSc1c(N)cccc1Cl. The van der Waals surface area contributed by atoms with E-state index in [9.17, 15) is 4.79 Å². The average molecular weight is 322 g/mol. The van der Waals surface area contributed by atoms with E-state index >= 15 is 0 Å². The maximum absolute atomic E-state index is 11.5. The normalized spacial score (nSPS) is 10.4. The number of hydrogen-bond acceptors (Lipinski definition) is 4. The van der Waals surface area contributed by atoms with Crippen molar-refractivity contribution in [2.75, 3.05) is 12.8 Å². The summed E-state index contributed by atoms with van der Waals surface area (Å²) >= 11 is 7.69. The van der Waals surface area contributed by atoms with E-state index < -0.39 is 0 Å². The van der Waals surface area contributed by atoms with Crippen LogP contribution in [0, 0.1) is 0 Å². The smallest absolute Gasteiger partial charge is 0.159 e. The Hall–Kier alpha value is -1.65. The van der Waals surface area contributed by atoms with Gasteiger partial charge >= 0.3 is 0 Å². The standard InChI is InChI=1S/C16H16ClNO2S/c1-10(19)11-6-7-15(20-2)12(8-11)9-21-16-13(17)4-3-5-14(16)18/h3-8H,9,18H2,1-2H3. The van der Waals surface area contributed by atoms with Gasteiger partial charge in [0.2, 0.25) is 0 Å². The number of ether oxygens (including phenoxy) is 1. The number of carbonyl (C=O) groups is 1. The molecule has 0 aliphatic rings. The lowest BCUT2D eigenvalue weighted by molar-refractivity contribution is 0.101. The summed E-state index contributed by atoms with van der Waals surface area (Å²) in [6.45, 7) is 1.55. The minimum absolute atomic E-state index is 0.0289. The van der Waals surface area contributed by atoms with Gasteiger partial charge in [-0.1, -0.05) is 17.7 Å². The van der Waals surface area contributed by atoms with E-state index in [-0.39, 0.29) is 5.78 Å². The first-order chi connectivity index (χ1) is 10.0. The first-order valence-corrected chi connectivity index (χ1v) is 7.74. The van der Waals surface area contributed by atoms with Crippen molar-refractivity contribution in [2.24, 2.45) is 0 Å². The van der Waals surface area contributed by atoms with Crippen LogP contribution in [0.3, 0.4) is 0 Å². The summed E-state index contributed by atoms with van der Waals surface area (Å²) in [5.74, 6) is 1.40. The molecular weight excluding hydrogens is 306 g/mol. The highest BCUT2D eigenvalue weighted by atomic mass is 35.5. The lowest BCUT2D eigenvalue weighted by atomic mass is 10.1. The van der Waals surface area contributed by atoms with Crippen LogP contribution in [0.15, 0.2) is 41.3 Å². The van der Waals surface area contributed by atoms with Crippen LogP contribution in [0.4, 0.5) is 5.69 Å². The number of nitrogens with two attached hydrogens (primary N) is 1. The zero-order valence-electron chi connectivity index (χ0n) is 11.9. The third kappa shape index (κ3) is 3.71. The zero-order chi connectivity index (χ0) is 15.4. The fourth-order valence-electron chi connectivity index (χ4n) is 1.94. The lowest BCUT2D eigenvalue weighted by Gasteiger charge is -2.11. The summed E-state index contributed by atoms with van der Waals surface area (Å²) in [4.78, 5) is 12.3. The van der Waals surface area contributed by atoms with Crippen LogP contribution in [-0.4, -0.2) is 12.9 Å². The Kier molecular flexibility index (Phi) is 5.15. The van der Waals surface area contributed by atoms with Gasteiger partial charge in [-0.2, -0.15) is 0 Å². The number of rotatable bonds is 5. The second-order valence-electron chi connectivity index (χ2n) is 4.53. The van der Waals surface area contributed by atoms with Crippen LogP contribution in [-0.2, 0) is 5.75 Å². The van der Waals surface area contributed by atoms with E-state index in [1.807, 2.05) is 30.3 Å². The molecule has 0 atom stereocenters. The van der Waals surface area contributed by atoms with Crippen molar-refractivity contribution in [3.8, 4) is 5.75 Å². The molecular formula is C16H16ClNO2S. The quantitative estimate of drug-likeness (QED) is 0.503. The number of halogens is 1. The van der Waals surface area contributed by atoms with E-state index in [4.69, 9.17) is 22.1 Å². The van der Waals surface area contributed by atoms with Crippen molar-refractivity contribution in [1.82, 2.24) is 0 Å². The molecule has 0 aromatic heterocycles. The topological polar surface area (TPSA) is 52.3 Å². The molecule has 2 N–H and O–H groups in total. The maximum atomic E-state index is 11.5. The molecule has 0 aliphatic carbocycles. The van der Waals surface area contributed by atoms with E-state index in [1.54, 1.807) is 20.1 Å². The molecule has 21 heavy (non-hydrogen) atoms. The molecule has 0 radical (unpaired) electrons. The third-order valence-corrected chi connectivity index (χ3v) is 4.68. The second-order valence-corrected chi connectivity index (χ2v) is 5.92. The number of benzene rings is 2. The van der Waals surface area contributed by atoms with Crippen LogP contribution >= 0.6 is 23.4 Å². The largest absolute Gasteiger partial charge is 0.496 e. The molecule has 0 saturated carbocycles. The Labute approximate surface area is 133 Å². The first-order valence-electron chi connectivity index (χ1n) is 6.37. The predicted molar refractivity (Wildman–Crippen MR) is 88.4 cm³/mol. The van der Waals surface area contributed by atoms with Crippen molar-refractivity contribution in [2.45, 2.75) is 17.6 Å². The molecule has 0 spiro atoms. The first kappa shape index (κ1) is 15.7. The van der Waals surface area contributed by atoms with Gasteiger partial charge in [0.25, 0.3) is 0 Å². The monoisotopic (exact) mass is 321 g/mol. The molecule has 0 heterocycles. The van der Waals surface area contributed by atoms with E-state index in [2.05, 4.69) is 0 Å². The molecule has 0 amide bonds. The summed E-state index contributed by atoms with van der Waals surface area (Å²) in [6.07, 6.45) is 0. The molecule has 5 heteroatoms. The predicted octanol–water partition coefficient (Wildman–Crippen LogP) is 4.43. The average Bonchev–Trinajstić information content (AvgIpc) is 2.46. The van der Waals surface area contributed by atoms with Crippen LogP contribution < -0.4 is 10.5 Å². The molecule has 2 rings (SSSR count). The second kappa shape index (κ2) is 6.87. The summed E-state index contributed by atoms with van der Waals surface area (Å²) < 4.78 is 5.34. The summed E-state index contributed by atoms with van der Waals surface area (Å²) in [5.41, 5.74) is 8.20. The minimum Gasteiger partial charge on any atom is -0.496 e. The highest BCUT2D eigenvalue weighted by molar-refractivity contribution is 7.98. The fourth-order valence-corrected chi connectivity index (χ4v) is 3.25. The Morgan fingerprint density at radius 1 is 1.33 bits per heavy atom. The molecule has 0 saturated heterocycles. The van der Waals surface area contributed by atoms with Crippen molar-refractivity contribution >= 4 is 34.8 Å². The summed E-state index contributed by atoms with van der Waals surface area (Å²) in [7, 11) is 1.61. The molecule has 0 unspecified atom stereocenters. The Morgan fingerprint density at radius 2 is 2.10 bits per heavy atom. The summed E-state index contributed by atoms with van der Waals surface area (Å²) in [6, 6.07) is 10.9.